The molecule has 2 aromatic carbocycles. The fourth-order valence-corrected chi connectivity index (χ4v) is 4.72. The lowest BCUT2D eigenvalue weighted by atomic mass is 10.1. The second-order valence-electron chi connectivity index (χ2n) is 6.84. The molecule has 0 saturated heterocycles. The largest absolute Gasteiger partial charge is 0.426 e. The molecule has 1 amide bonds. The molecule has 0 aromatic heterocycles. The number of benzene rings is 2. The van der Waals surface area contributed by atoms with Gasteiger partial charge < -0.3 is 15.5 Å². The summed E-state index contributed by atoms with van der Waals surface area (Å²) in [6.45, 7) is -0.332. The second-order valence-corrected chi connectivity index (χ2v) is 11.0. The van der Waals surface area contributed by atoms with E-state index in [2.05, 4.69) is 4.72 Å². The monoisotopic (exact) mass is 530 g/mol. The second kappa shape index (κ2) is 9.46. The number of sulfonamides is 1. The first-order chi connectivity index (χ1) is 15.0. The number of hydrogen-bond acceptors (Lipinski definition) is 7. The maximum Gasteiger partial charge on any atom is 0.426 e. The number of aliphatic hydroxyl groups is 2. The predicted octanol–water partition coefficient (Wildman–Crippen LogP) is 2.16. The van der Waals surface area contributed by atoms with Gasteiger partial charge in [-0.2, -0.15) is 13.2 Å². The SMILES string of the molecule is CC(O)(C(=O)Nc1ccc(S(=O)(=O)Nc2ccc(S(=O)(=O)CCO)cc2)cc1Cl)C(F)(F)F. The molecule has 0 fully saturated rings. The lowest BCUT2D eigenvalue weighted by molar-refractivity contribution is -0.242. The van der Waals surface area contributed by atoms with Crippen molar-refractivity contribution in [1.29, 1.82) is 0 Å². The number of carbonyl (C=O) groups is 1. The number of amides is 1. The average Bonchev–Trinajstić information content (AvgIpc) is 2.68. The van der Waals surface area contributed by atoms with Crippen molar-refractivity contribution < 1.29 is 45.0 Å². The number of halogens is 4. The highest BCUT2D eigenvalue weighted by molar-refractivity contribution is 7.92. The van der Waals surface area contributed by atoms with E-state index >= 15 is 0 Å². The van der Waals surface area contributed by atoms with Crippen LogP contribution in [0.4, 0.5) is 24.5 Å². The van der Waals surface area contributed by atoms with E-state index < -0.39 is 59.8 Å². The Bertz CT molecular complexity index is 1250. The molecule has 0 bridgehead atoms. The highest BCUT2D eigenvalue weighted by Crippen LogP contribution is 2.33. The highest BCUT2D eigenvalue weighted by atomic mass is 35.5. The number of aliphatic hydroxyl groups excluding tert-OH is 1. The minimum Gasteiger partial charge on any atom is -0.395 e. The molecule has 15 heteroatoms. The van der Waals surface area contributed by atoms with Crippen LogP contribution in [-0.4, -0.2) is 57.1 Å². The number of rotatable bonds is 8. The van der Waals surface area contributed by atoms with Gasteiger partial charge in [0.15, 0.2) is 9.84 Å². The fourth-order valence-electron chi connectivity index (χ4n) is 2.32. The quantitative estimate of drug-likeness (QED) is 0.408. The molecular formula is C18H18ClF3N2O7S2. The van der Waals surface area contributed by atoms with E-state index in [-0.39, 0.29) is 23.2 Å². The first-order valence-corrected chi connectivity index (χ1v) is 12.4. The third kappa shape index (κ3) is 6.14. The highest BCUT2D eigenvalue weighted by Gasteiger charge is 2.55. The van der Waals surface area contributed by atoms with Crippen LogP contribution in [0.2, 0.25) is 5.02 Å². The molecule has 1 atom stereocenters. The summed E-state index contributed by atoms with van der Waals surface area (Å²) in [5, 5.41) is 19.5. The molecule has 0 aliphatic carbocycles. The fraction of sp³-hybridized carbons (Fsp3) is 0.278. The van der Waals surface area contributed by atoms with Crippen LogP contribution in [0, 0.1) is 0 Å². The Balaban J connectivity index is 2.22. The maximum atomic E-state index is 12.8. The zero-order valence-electron chi connectivity index (χ0n) is 16.7. The van der Waals surface area contributed by atoms with Crippen LogP contribution in [0.15, 0.2) is 52.3 Å². The van der Waals surface area contributed by atoms with E-state index in [4.69, 9.17) is 16.7 Å². The predicted molar refractivity (Wildman–Crippen MR) is 113 cm³/mol. The van der Waals surface area contributed by atoms with Gasteiger partial charge in [0, 0.05) is 5.69 Å². The van der Waals surface area contributed by atoms with Crippen molar-refractivity contribution >= 4 is 48.7 Å². The molecule has 33 heavy (non-hydrogen) atoms. The molecular weight excluding hydrogens is 513 g/mol. The first-order valence-electron chi connectivity index (χ1n) is 8.88. The van der Waals surface area contributed by atoms with Crippen LogP contribution >= 0.6 is 11.6 Å². The molecule has 0 aliphatic heterocycles. The number of hydrogen-bond donors (Lipinski definition) is 4. The van der Waals surface area contributed by atoms with Gasteiger partial charge in [-0.05, 0) is 49.4 Å². The maximum absolute atomic E-state index is 12.8. The Morgan fingerprint density at radius 3 is 2.06 bits per heavy atom. The van der Waals surface area contributed by atoms with Crippen LogP contribution in [0.5, 0.6) is 0 Å². The van der Waals surface area contributed by atoms with Crippen LogP contribution in [-0.2, 0) is 24.7 Å². The van der Waals surface area contributed by atoms with E-state index in [1.807, 2.05) is 0 Å². The van der Waals surface area contributed by atoms with Gasteiger partial charge in [0.25, 0.3) is 15.9 Å². The average molecular weight is 531 g/mol. The molecule has 0 aliphatic rings. The molecule has 0 saturated carbocycles. The number of nitrogens with one attached hydrogen (secondary N) is 2. The van der Waals surface area contributed by atoms with Gasteiger partial charge in [-0.15, -0.1) is 0 Å². The van der Waals surface area contributed by atoms with Crippen molar-refractivity contribution in [3.8, 4) is 0 Å². The number of anilines is 2. The Kier molecular flexibility index (Phi) is 7.70. The van der Waals surface area contributed by atoms with Crippen LogP contribution in [0.3, 0.4) is 0 Å². The normalized spacial score (nSPS) is 14.4. The zero-order chi connectivity index (χ0) is 25.2. The number of carbonyl (C=O) groups excluding carboxylic acids is 1. The third-order valence-electron chi connectivity index (χ3n) is 4.32. The Morgan fingerprint density at radius 2 is 1.58 bits per heavy atom. The first kappa shape index (κ1) is 26.9. The molecule has 4 N–H and O–H groups in total. The van der Waals surface area contributed by atoms with Crippen molar-refractivity contribution in [3.63, 3.8) is 0 Å². The van der Waals surface area contributed by atoms with Crippen molar-refractivity contribution in [1.82, 2.24) is 0 Å². The topological polar surface area (TPSA) is 150 Å². The van der Waals surface area contributed by atoms with Crippen LogP contribution in [0.1, 0.15) is 6.92 Å². The zero-order valence-corrected chi connectivity index (χ0v) is 19.1. The smallest absolute Gasteiger partial charge is 0.395 e. The van der Waals surface area contributed by atoms with E-state index in [1.54, 1.807) is 5.32 Å². The van der Waals surface area contributed by atoms with Gasteiger partial charge in [0.05, 0.1) is 32.9 Å². The van der Waals surface area contributed by atoms with Crippen LogP contribution < -0.4 is 10.0 Å². The van der Waals surface area contributed by atoms with Crippen molar-refractivity contribution in [2.75, 3.05) is 22.4 Å². The van der Waals surface area contributed by atoms with Crippen LogP contribution in [0.25, 0.3) is 0 Å². The number of sulfone groups is 1. The molecule has 9 nitrogen and oxygen atoms in total. The summed E-state index contributed by atoms with van der Waals surface area (Å²) < 4.78 is 89.4. The molecule has 2 aromatic rings. The Morgan fingerprint density at radius 1 is 1.03 bits per heavy atom. The summed E-state index contributed by atoms with van der Waals surface area (Å²) in [7, 11) is -7.99. The summed E-state index contributed by atoms with van der Waals surface area (Å²) >= 11 is 5.89. The number of alkyl halides is 3. The molecule has 0 heterocycles. The van der Waals surface area contributed by atoms with E-state index in [9.17, 15) is 39.9 Å². The van der Waals surface area contributed by atoms with Crippen molar-refractivity contribution in [2.24, 2.45) is 0 Å². The summed E-state index contributed by atoms with van der Waals surface area (Å²) in [5.41, 5.74) is -4.09. The molecule has 0 radical (unpaired) electrons. The summed E-state index contributed by atoms with van der Waals surface area (Å²) in [5.74, 6) is -2.32. The molecule has 2 rings (SSSR count). The van der Waals surface area contributed by atoms with Crippen molar-refractivity contribution in [3.05, 3.63) is 47.5 Å². The summed E-state index contributed by atoms with van der Waals surface area (Å²) in [4.78, 5) is 11.2. The van der Waals surface area contributed by atoms with Crippen molar-refractivity contribution in [2.45, 2.75) is 28.5 Å². The third-order valence-corrected chi connectivity index (χ3v) is 7.72. The Hall–Kier alpha value is -2.39. The van der Waals surface area contributed by atoms with Gasteiger partial charge in [-0.25, -0.2) is 16.8 Å². The minimum atomic E-state index is -5.26. The lowest BCUT2D eigenvalue weighted by Crippen LogP contribution is -2.52. The standard InChI is InChI=1S/C18H18ClF3N2O7S2/c1-17(27,18(20,21)22)16(26)23-15-7-6-13(10-14(15)19)33(30,31)24-11-2-4-12(5-3-11)32(28,29)9-8-25/h2-7,10,24-25,27H,8-9H2,1H3,(H,23,26). The lowest BCUT2D eigenvalue weighted by Gasteiger charge is -2.25. The molecule has 1 unspecified atom stereocenters. The molecule has 182 valence electrons. The van der Waals surface area contributed by atoms with Gasteiger partial charge in [-0.3, -0.25) is 9.52 Å². The van der Waals surface area contributed by atoms with Gasteiger partial charge in [0.2, 0.25) is 5.60 Å². The summed E-state index contributed by atoms with van der Waals surface area (Å²) in [6, 6.07) is 7.39. The van der Waals surface area contributed by atoms with E-state index in [1.165, 1.54) is 12.1 Å². The Labute approximate surface area is 192 Å². The van der Waals surface area contributed by atoms with Gasteiger partial charge in [-0.1, -0.05) is 11.6 Å². The van der Waals surface area contributed by atoms with Gasteiger partial charge in [0.1, 0.15) is 0 Å². The van der Waals surface area contributed by atoms with Gasteiger partial charge >= 0.3 is 6.18 Å². The minimum absolute atomic E-state index is 0.00678. The van der Waals surface area contributed by atoms with E-state index in [0.717, 1.165) is 30.3 Å². The van der Waals surface area contributed by atoms with E-state index in [0.29, 0.717) is 0 Å². The summed E-state index contributed by atoms with van der Waals surface area (Å²) in [6.07, 6.45) is -5.26. The molecule has 0 spiro atoms.